The zero-order valence-corrected chi connectivity index (χ0v) is 12.6. The molecule has 0 spiro atoms. The molecule has 0 radical (unpaired) electrons. The first-order chi connectivity index (χ1) is 9.02. The highest BCUT2D eigenvalue weighted by molar-refractivity contribution is 9.09. The smallest absolute Gasteiger partial charge is 0.257 e. The summed E-state index contributed by atoms with van der Waals surface area (Å²) in [4.78, 5) is 14.1. The maximum Gasteiger partial charge on any atom is 0.257 e. The van der Waals surface area contributed by atoms with E-state index in [0.717, 1.165) is 0 Å². The summed E-state index contributed by atoms with van der Waals surface area (Å²) in [6, 6.07) is 4.90. The lowest BCUT2D eigenvalue weighted by Gasteiger charge is -2.36. The summed E-state index contributed by atoms with van der Waals surface area (Å²) in [5.41, 5.74) is 0.631. The zero-order valence-electron chi connectivity index (χ0n) is 11.0. The highest BCUT2D eigenvalue weighted by atomic mass is 79.9. The molecule has 104 valence electrons. The normalized spacial score (nSPS) is 23.5. The van der Waals surface area contributed by atoms with Crippen molar-refractivity contribution in [2.75, 3.05) is 18.4 Å². The predicted molar refractivity (Wildman–Crippen MR) is 75.2 cm³/mol. The van der Waals surface area contributed by atoms with Crippen LogP contribution in [0, 0.1) is 12.7 Å². The number of rotatable bonds is 2. The van der Waals surface area contributed by atoms with Crippen molar-refractivity contribution in [3.63, 3.8) is 0 Å². The second-order valence-electron chi connectivity index (χ2n) is 4.87. The number of hydrogen-bond donors (Lipinski definition) is 0. The maximum atomic E-state index is 14.0. The second-order valence-corrected chi connectivity index (χ2v) is 5.52. The highest BCUT2D eigenvalue weighted by Crippen LogP contribution is 2.19. The second kappa shape index (κ2) is 6.01. The van der Waals surface area contributed by atoms with Gasteiger partial charge < -0.3 is 9.64 Å². The summed E-state index contributed by atoms with van der Waals surface area (Å²) >= 11 is 3.36. The van der Waals surface area contributed by atoms with Gasteiger partial charge in [-0.1, -0.05) is 28.1 Å². The Morgan fingerprint density at radius 1 is 1.53 bits per heavy atom. The van der Waals surface area contributed by atoms with Gasteiger partial charge in [0, 0.05) is 18.4 Å². The Hall–Kier alpha value is -0.940. The lowest BCUT2D eigenvalue weighted by molar-refractivity contribution is -0.0560. The number of ether oxygens (including phenoxy) is 1. The van der Waals surface area contributed by atoms with Gasteiger partial charge in [-0.3, -0.25) is 4.79 Å². The summed E-state index contributed by atoms with van der Waals surface area (Å²) < 4.78 is 19.7. The third-order valence-electron chi connectivity index (χ3n) is 3.21. The minimum absolute atomic E-state index is 0.0341. The van der Waals surface area contributed by atoms with Gasteiger partial charge in [-0.2, -0.15) is 0 Å². The van der Waals surface area contributed by atoms with E-state index in [1.807, 2.05) is 6.92 Å². The average Bonchev–Trinajstić information content (AvgIpc) is 2.40. The number of carbonyl (C=O) groups excluding carboxylic acids is 1. The molecule has 1 amide bonds. The Labute approximate surface area is 120 Å². The summed E-state index contributed by atoms with van der Waals surface area (Å²) in [6.45, 7) is 4.56. The van der Waals surface area contributed by atoms with Crippen molar-refractivity contribution in [1.29, 1.82) is 0 Å². The molecule has 5 heteroatoms. The SMILES string of the molecule is Cc1cccc(C(=O)N2CC(C)OC(CBr)C2)c1F. The van der Waals surface area contributed by atoms with E-state index in [1.54, 1.807) is 24.0 Å². The van der Waals surface area contributed by atoms with Crippen LogP contribution in [0.3, 0.4) is 0 Å². The van der Waals surface area contributed by atoms with E-state index in [4.69, 9.17) is 4.74 Å². The zero-order chi connectivity index (χ0) is 14.0. The van der Waals surface area contributed by atoms with Crippen LogP contribution in [0.5, 0.6) is 0 Å². The lowest BCUT2D eigenvalue weighted by atomic mass is 10.1. The maximum absolute atomic E-state index is 14.0. The monoisotopic (exact) mass is 329 g/mol. The van der Waals surface area contributed by atoms with Crippen molar-refractivity contribution in [1.82, 2.24) is 4.90 Å². The first-order valence-electron chi connectivity index (χ1n) is 6.28. The number of nitrogens with zero attached hydrogens (tertiary/aromatic N) is 1. The van der Waals surface area contributed by atoms with E-state index in [0.29, 0.717) is 24.0 Å². The number of aryl methyl sites for hydroxylation is 1. The molecule has 1 saturated heterocycles. The van der Waals surface area contributed by atoms with Gasteiger partial charge in [-0.15, -0.1) is 0 Å². The van der Waals surface area contributed by atoms with Crippen LogP contribution < -0.4 is 0 Å². The molecule has 0 saturated carbocycles. The van der Waals surface area contributed by atoms with Crippen LogP contribution >= 0.6 is 15.9 Å². The number of amides is 1. The van der Waals surface area contributed by atoms with E-state index in [9.17, 15) is 9.18 Å². The summed E-state index contributed by atoms with van der Waals surface area (Å²) in [5, 5.41) is 0.664. The molecule has 2 rings (SSSR count). The largest absolute Gasteiger partial charge is 0.371 e. The van der Waals surface area contributed by atoms with Gasteiger partial charge in [0.2, 0.25) is 0 Å². The van der Waals surface area contributed by atoms with Crippen LogP contribution in [0.1, 0.15) is 22.8 Å². The molecule has 0 N–H and O–H groups in total. The molecule has 0 bridgehead atoms. The Balaban J connectivity index is 2.21. The quantitative estimate of drug-likeness (QED) is 0.781. The van der Waals surface area contributed by atoms with Crippen molar-refractivity contribution in [3.05, 3.63) is 35.1 Å². The molecular formula is C14H17BrFNO2. The van der Waals surface area contributed by atoms with E-state index < -0.39 is 5.82 Å². The van der Waals surface area contributed by atoms with Gasteiger partial charge in [0.25, 0.3) is 5.91 Å². The van der Waals surface area contributed by atoms with Crippen molar-refractivity contribution in [3.8, 4) is 0 Å². The first-order valence-corrected chi connectivity index (χ1v) is 7.41. The molecule has 2 atom stereocenters. The number of benzene rings is 1. The predicted octanol–water partition coefficient (Wildman–Crippen LogP) is 2.76. The summed E-state index contributed by atoms with van der Waals surface area (Å²) in [7, 11) is 0. The fourth-order valence-corrected chi connectivity index (χ4v) is 2.64. The fraction of sp³-hybridized carbons (Fsp3) is 0.500. The van der Waals surface area contributed by atoms with Crippen LogP contribution in [0.2, 0.25) is 0 Å². The molecule has 1 aromatic rings. The molecule has 0 aromatic heterocycles. The fourth-order valence-electron chi connectivity index (χ4n) is 2.28. The minimum Gasteiger partial charge on any atom is -0.371 e. The van der Waals surface area contributed by atoms with Crippen molar-refractivity contribution >= 4 is 21.8 Å². The minimum atomic E-state index is -0.429. The third-order valence-corrected chi connectivity index (χ3v) is 3.93. The first kappa shape index (κ1) is 14.5. The Kier molecular flexibility index (Phi) is 4.58. The van der Waals surface area contributed by atoms with Crippen molar-refractivity contribution in [2.24, 2.45) is 0 Å². The lowest BCUT2D eigenvalue weighted by Crippen LogP contribution is -2.49. The van der Waals surface area contributed by atoms with Crippen LogP contribution in [0.4, 0.5) is 4.39 Å². The number of halogens is 2. The summed E-state index contributed by atoms with van der Waals surface area (Å²) in [6.07, 6.45) is -0.0753. The molecule has 3 nitrogen and oxygen atoms in total. The van der Waals surface area contributed by atoms with Gasteiger partial charge in [0.15, 0.2) is 0 Å². The van der Waals surface area contributed by atoms with Crippen LogP contribution in [0.15, 0.2) is 18.2 Å². The van der Waals surface area contributed by atoms with Gasteiger partial charge in [0.05, 0.1) is 17.8 Å². The highest BCUT2D eigenvalue weighted by Gasteiger charge is 2.29. The third kappa shape index (κ3) is 3.15. The molecule has 1 heterocycles. The molecule has 1 fully saturated rings. The molecule has 0 aliphatic carbocycles. The Morgan fingerprint density at radius 3 is 2.95 bits per heavy atom. The molecule has 1 aliphatic heterocycles. The number of morpholine rings is 1. The van der Waals surface area contributed by atoms with Gasteiger partial charge >= 0.3 is 0 Å². The molecular weight excluding hydrogens is 313 g/mol. The van der Waals surface area contributed by atoms with Gasteiger partial charge in [-0.25, -0.2) is 4.39 Å². The Morgan fingerprint density at radius 2 is 2.26 bits per heavy atom. The average molecular weight is 330 g/mol. The van der Waals surface area contributed by atoms with E-state index in [-0.39, 0.29) is 23.7 Å². The molecule has 1 aliphatic rings. The van der Waals surface area contributed by atoms with Crippen molar-refractivity contribution in [2.45, 2.75) is 26.1 Å². The van der Waals surface area contributed by atoms with Crippen molar-refractivity contribution < 1.29 is 13.9 Å². The van der Waals surface area contributed by atoms with E-state index in [2.05, 4.69) is 15.9 Å². The van der Waals surface area contributed by atoms with Crippen LogP contribution in [0.25, 0.3) is 0 Å². The Bertz CT molecular complexity index is 481. The topological polar surface area (TPSA) is 29.5 Å². The van der Waals surface area contributed by atoms with Crippen LogP contribution in [-0.4, -0.2) is 41.4 Å². The summed E-state index contributed by atoms with van der Waals surface area (Å²) in [5.74, 6) is -0.690. The number of carbonyl (C=O) groups is 1. The molecule has 19 heavy (non-hydrogen) atoms. The number of alkyl halides is 1. The van der Waals surface area contributed by atoms with Crippen LogP contribution in [-0.2, 0) is 4.74 Å². The van der Waals surface area contributed by atoms with Gasteiger partial charge in [-0.05, 0) is 25.5 Å². The van der Waals surface area contributed by atoms with E-state index in [1.165, 1.54) is 6.07 Å². The number of hydrogen-bond acceptors (Lipinski definition) is 2. The standard InChI is InChI=1S/C14H17BrFNO2/c1-9-4-3-5-12(13(9)16)14(18)17-7-10(2)19-11(6-15)8-17/h3-5,10-11H,6-8H2,1-2H3. The molecule has 2 unspecified atom stereocenters. The van der Waals surface area contributed by atoms with Gasteiger partial charge in [0.1, 0.15) is 5.82 Å². The van der Waals surface area contributed by atoms with E-state index >= 15 is 0 Å². The molecule has 1 aromatic carbocycles.